The first-order valence-electron chi connectivity index (χ1n) is 9.82. The molecule has 0 atom stereocenters. The minimum Gasteiger partial charge on any atom is -0.311 e. The number of benzene rings is 2. The second kappa shape index (κ2) is 9.59. The number of carbonyl (C=O) groups is 1. The molecule has 2 aromatic carbocycles. The number of hydrogen-bond donors (Lipinski definition) is 0. The molecule has 0 bridgehead atoms. The van der Waals surface area contributed by atoms with Crippen molar-refractivity contribution in [2.45, 2.75) is 38.9 Å². The molecule has 1 heterocycles. The molecule has 0 spiro atoms. The second-order valence-corrected chi connectivity index (χ2v) is 7.99. The molecule has 6 nitrogen and oxygen atoms in total. The van der Waals surface area contributed by atoms with Gasteiger partial charge in [-0.3, -0.25) is 14.2 Å². The quantitative estimate of drug-likeness (QED) is 0.425. The molecule has 0 N–H and O–H groups in total. The number of thioether (sulfide) groups is 1. The van der Waals surface area contributed by atoms with Gasteiger partial charge in [0.1, 0.15) is 0 Å². The maximum absolute atomic E-state index is 13.1. The third-order valence-corrected chi connectivity index (χ3v) is 5.70. The van der Waals surface area contributed by atoms with Gasteiger partial charge >= 0.3 is 0 Å². The summed E-state index contributed by atoms with van der Waals surface area (Å²) in [5.41, 5.74) is 3.42. The standard InChI is InChI=1S/C23H24N4O2S/c1-4-26-22(29)19-8-5-6-9-20(19)25-23(26)30-15-21(28)27(11-7-10-24)18-13-16(2)12-17(3)14-18/h5-6,8-9,12-14H,4,7,11,15H2,1-3H3. The van der Waals surface area contributed by atoms with Crippen LogP contribution in [0.3, 0.4) is 0 Å². The van der Waals surface area contributed by atoms with E-state index in [1.165, 1.54) is 11.8 Å². The summed E-state index contributed by atoms with van der Waals surface area (Å²) in [5.74, 6) is 0.00809. The van der Waals surface area contributed by atoms with Gasteiger partial charge in [0.05, 0.1) is 29.1 Å². The van der Waals surface area contributed by atoms with Gasteiger partial charge in [-0.05, 0) is 56.2 Å². The molecule has 0 aliphatic heterocycles. The number of fused-ring (bicyclic) bond motifs is 1. The van der Waals surface area contributed by atoms with Gasteiger partial charge in [-0.25, -0.2) is 4.98 Å². The average molecular weight is 421 g/mol. The molecule has 3 rings (SSSR count). The Bertz CT molecular complexity index is 1160. The molecule has 154 valence electrons. The van der Waals surface area contributed by atoms with E-state index in [1.54, 1.807) is 21.6 Å². The van der Waals surface area contributed by atoms with E-state index in [0.717, 1.165) is 16.8 Å². The summed E-state index contributed by atoms with van der Waals surface area (Å²) in [6.45, 7) is 6.65. The van der Waals surface area contributed by atoms with E-state index in [-0.39, 0.29) is 23.6 Å². The van der Waals surface area contributed by atoms with Crippen molar-refractivity contribution >= 4 is 34.3 Å². The molecule has 1 amide bonds. The monoisotopic (exact) mass is 420 g/mol. The van der Waals surface area contributed by atoms with E-state index in [0.29, 0.717) is 29.1 Å². The van der Waals surface area contributed by atoms with Crippen LogP contribution in [0.5, 0.6) is 0 Å². The SMILES string of the molecule is CCn1c(SCC(=O)N(CCC#N)c2cc(C)cc(C)c2)nc2ccccc2c1=O. The summed E-state index contributed by atoms with van der Waals surface area (Å²) in [4.78, 5) is 32.1. The van der Waals surface area contributed by atoms with Crippen LogP contribution in [0.2, 0.25) is 0 Å². The molecular formula is C23H24N4O2S. The molecule has 0 saturated carbocycles. The lowest BCUT2D eigenvalue weighted by Crippen LogP contribution is -2.33. The van der Waals surface area contributed by atoms with E-state index in [4.69, 9.17) is 5.26 Å². The van der Waals surface area contributed by atoms with Gasteiger partial charge in [0.15, 0.2) is 5.16 Å². The lowest BCUT2D eigenvalue weighted by Gasteiger charge is -2.23. The van der Waals surface area contributed by atoms with Crippen molar-refractivity contribution < 1.29 is 4.79 Å². The zero-order valence-corrected chi connectivity index (χ0v) is 18.2. The number of amides is 1. The van der Waals surface area contributed by atoms with Crippen LogP contribution in [0.4, 0.5) is 5.69 Å². The fourth-order valence-electron chi connectivity index (χ4n) is 3.41. The van der Waals surface area contributed by atoms with E-state index < -0.39 is 0 Å². The molecule has 0 saturated heterocycles. The highest BCUT2D eigenvalue weighted by molar-refractivity contribution is 7.99. The number of nitriles is 1. The molecular weight excluding hydrogens is 396 g/mol. The lowest BCUT2D eigenvalue weighted by atomic mass is 10.1. The number of hydrogen-bond acceptors (Lipinski definition) is 5. The number of anilines is 1. The fraction of sp³-hybridized carbons (Fsp3) is 0.304. The van der Waals surface area contributed by atoms with Crippen LogP contribution < -0.4 is 10.5 Å². The molecule has 3 aromatic rings. The van der Waals surface area contributed by atoms with Gasteiger partial charge in [-0.1, -0.05) is 30.0 Å². The van der Waals surface area contributed by atoms with Crippen molar-refractivity contribution in [1.82, 2.24) is 9.55 Å². The number of nitrogens with zero attached hydrogens (tertiary/aromatic N) is 4. The van der Waals surface area contributed by atoms with Crippen molar-refractivity contribution in [1.29, 1.82) is 5.26 Å². The summed E-state index contributed by atoms with van der Waals surface area (Å²) in [5, 5.41) is 10.1. The minimum atomic E-state index is -0.120. The van der Waals surface area contributed by atoms with Gasteiger partial charge in [0, 0.05) is 18.8 Å². The van der Waals surface area contributed by atoms with Crippen LogP contribution in [0, 0.1) is 25.2 Å². The van der Waals surface area contributed by atoms with Gasteiger partial charge < -0.3 is 4.90 Å². The first-order valence-corrected chi connectivity index (χ1v) is 10.8. The summed E-state index contributed by atoms with van der Waals surface area (Å²) < 4.78 is 1.59. The average Bonchev–Trinajstić information content (AvgIpc) is 2.72. The number of aryl methyl sites for hydroxylation is 2. The Hall–Kier alpha value is -3.11. The van der Waals surface area contributed by atoms with Crippen molar-refractivity contribution in [2.24, 2.45) is 0 Å². The Morgan fingerprint density at radius 2 is 1.90 bits per heavy atom. The lowest BCUT2D eigenvalue weighted by molar-refractivity contribution is -0.116. The highest BCUT2D eigenvalue weighted by Gasteiger charge is 2.18. The Morgan fingerprint density at radius 3 is 2.57 bits per heavy atom. The maximum atomic E-state index is 13.1. The third kappa shape index (κ3) is 4.71. The summed E-state index contributed by atoms with van der Waals surface area (Å²) in [7, 11) is 0. The highest BCUT2D eigenvalue weighted by Crippen LogP contribution is 2.23. The molecule has 7 heteroatoms. The molecule has 0 aliphatic rings. The first kappa shape index (κ1) is 21.6. The van der Waals surface area contributed by atoms with Gasteiger partial charge in [0.25, 0.3) is 5.56 Å². The zero-order chi connectivity index (χ0) is 21.7. The van der Waals surface area contributed by atoms with Crippen LogP contribution in [-0.4, -0.2) is 27.8 Å². The predicted molar refractivity (Wildman–Crippen MR) is 121 cm³/mol. The fourth-order valence-corrected chi connectivity index (χ4v) is 4.35. The predicted octanol–water partition coefficient (Wildman–Crippen LogP) is 4.07. The van der Waals surface area contributed by atoms with Crippen LogP contribution in [0.25, 0.3) is 10.9 Å². The van der Waals surface area contributed by atoms with Crippen molar-refractivity contribution in [3.63, 3.8) is 0 Å². The molecule has 0 fully saturated rings. The topological polar surface area (TPSA) is 79.0 Å². The normalized spacial score (nSPS) is 10.7. The highest BCUT2D eigenvalue weighted by atomic mass is 32.2. The van der Waals surface area contributed by atoms with Gasteiger partial charge in [-0.2, -0.15) is 5.26 Å². The van der Waals surface area contributed by atoms with E-state index in [1.807, 2.05) is 51.1 Å². The molecule has 0 radical (unpaired) electrons. The second-order valence-electron chi connectivity index (χ2n) is 7.05. The third-order valence-electron chi connectivity index (χ3n) is 4.73. The molecule has 0 aliphatic carbocycles. The van der Waals surface area contributed by atoms with Gasteiger partial charge in [-0.15, -0.1) is 0 Å². The summed E-state index contributed by atoms with van der Waals surface area (Å²) in [6.07, 6.45) is 0.247. The molecule has 30 heavy (non-hydrogen) atoms. The minimum absolute atomic E-state index is 0.103. The largest absolute Gasteiger partial charge is 0.311 e. The van der Waals surface area contributed by atoms with E-state index >= 15 is 0 Å². The Labute approximate surface area is 180 Å². The van der Waals surface area contributed by atoms with E-state index in [2.05, 4.69) is 11.1 Å². The summed E-state index contributed by atoms with van der Waals surface area (Å²) >= 11 is 1.25. The van der Waals surface area contributed by atoms with Crippen LogP contribution >= 0.6 is 11.8 Å². The van der Waals surface area contributed by atoms with Gasteiger partial charge in [0.2, 0.25) is 5.91 Å². The Balaban J connectivity index is 1.88. The van der Waals surface area contributed by atoms with Crippen LogP contribution in [-0.2, 0) is 11.3 Å². The number of aromatic nitrogens is 2. The van der Waals surface area contributed by atoms with Crippen molar-refractivity contribution in [3.05, 3.63) is 63.9 Å². The molecule has 0 unspecified atom stereocenters. The van der Waals surface area contributed by atoms with Crippen molar-refractivity contribution in [2.75, 3.05) is 17.2 Å². The summed E-state index contributed by atoms with van der Waals surface area (Å²) in [6, 6.07) is 15.3. The number of carbonyl (C=O) groups excluding carboxylic acids is 1. The zero-order valence-electron chi connectivity index (χ0n) is 17.4. The first-order chi connectivity index (χ1) is 14.4. The number of rotatable bonds is 7. The van der Waals surface area contributed by atoms with Crippen LogP contribution in [0.1, 0.15) is 24.5 Å². The smallest absolute Gasteiger partial charge is 0.262 e. The molecule has 1 aromatic heterocycles. The van der Waals surface area contributed by atoms with Crippen molar-refractivity contribution in [3.8, 4) is 6.07 Å². The Kier molecular flexibility index (Phi) is 6.91. The maximum Gasteiger partial charge on any atom is 0.262 e. The van der Waals surface area contributed by atoms with E-state index in [9.17, 15) is 9.59 Å². The Morgan fingerprint density at radius 1 is 1.20 bits per heavy atom. The number of para-hydroxylation sites is 1. The van der Waals surface area contributed by atoms with Crippen LogP contribution in [0.15, 0.2) is 52.4 Å².